The number of hydrogen-bond donors (Lipinski definition) is 1. The molecule has 1 unspecified atom stereocenters. The van der Waals surface area contributed by atoms with Gasteiger partial charge in [0.2, 0.25) is 0 Å². The van der Waals surface area contributed by atoms with E-state index < -0.39 is 0 Å². The van der Waals surface area contributed by atoms with E-state index in [0.717, 1.165) is 38.2 Å². The molecule has 1 saturated heterocycles. The first-order valence-electron chi connectivity index (χ1n) is 6.38. The lowest BCUT2D eigenvalue weighted by Gasteiger charge is -2.31. The van der Waals surface area contributed by atoms with Crippen LogP contribution in [0.5, 0.6) is 0 Å². The van der Waals surface area contributed by atoms with Crippen LogP contribution < -0.4 is 5.32 Å². The Morgan fingerprint density at radius 3 is 2.82 bits per heavy atom. The predicted molar refractivity (Wildman–Crippen MR) is 66.4 cm³/mol. The van der Waals surface area contributed by atoms with E-state index in [1.807, 2.05) is 6.07 Å². The fourth-order valence-corrected chi connectivity index (χ4v) is 2.53. The quantitative estimate of drug-likeness (QED) is 0.869. The van der Waals surface area contributed by atoms with E-state index >= 15 is 0 Å². The van der Waals surface area contributed by atoms with Crippen LogP contribution in [0.4, 0.5) is 4.39 Å². The van der Waals surface area contributed by atoms with Crippen molar-refractivity contribution in [3.8, 4) is 0 Å². The van der Waals surface area contributed by atoms with Crippen LogP contribution in [0.2, 0.25) is 0 Å². The van der Waals surface area contributed by atoms with Gasteiger partial charge in [-0.1, -0.05) is 19.1 Å². The Hall–Kier alpha value is -0.930. The Morgan fingerprint density at radius 2 is 2.18 bits per heavy atom. The van der Waals surface area contributed by atoms with Gasteiger partial charge in [-0.2, -0.15) is 0 Å². The molecule has 0 radical (unpaired) electrons. The van der Waals surface area contributed by atoms with Gasteiger partial charge < -0.3 is 10.1 Å². The van der Waals surface area contributed by atoms with Crippen molar-refractivity contribution < 1.29 is 9.13 Å². The molecule has 1 heterocycles. The molecule has 2 nitrogen and oxygen atoms in total. The Labute approximate surface area is 102 Å². The zero-order valence-corrected chi connectivity index (χ0v) is 10.3. The summed E-state index contributed by atoms with van der Waals surface area (Å²) in [5, 5.41) is 3.47. The molecule has 1 N–H and O–H groups in total. The first-order valence-corrected chi connectivity index (χ1v) is 6.38. The van der Waals surface area contributed by atoms with Gasteiger partial charge in [-0.15, -0.1) is 0 Å². The lowest BCUT2D eigenvalue weighted by Crippen LogP contribution is -2.32. The number of hydrogen-bond acceptors (Lipinski definition) is 2. The number of halogens is 1. The molecule has 3 heteroatoms. The van der Waals surface area contributed by atoms with Crippen LogP contribution >= 0.6 is 0 Å². The summed E-state index contributed by atoms with van der Waals surface area (Å²) in [6.45, 7) is 4.63. The third kappa shape index (κ3) is 3.27. The average Bonchev–Trinajstić information content (AvgIpc) is 2.37. The van der Waals surface area contributed by atoms with Crippen molar-refractivity contribution in [2.24, 2.45) is 5.92 Å². The monoisotopic (exact) mass is 237 g/mol. The minimum atomic E-state index is -0.155. The Kier molecular flexibility index (Phi) is 4.51. The van der Waals surface area contributed by atoms with E-state index in [9.17, 15) is 4.39 Å². The Morgan fingerprint density at radius 1 is 1.41 bits per heavy atom. The maximum atomic E-state index is 13.3. The lowest BCUT2D eigenvalue weighted by atomic mass is 9.87. The van der Waals surface area contributed by atoms with Crippen molar-refractivity contribution in [3.63, 3.8) is 0 Å². The van der Waals surface area contributed by atoms with Crippen LogP contribution in [-0.4, -0.2) is 19.8 Å². The van der Waals surface area contributed by atoms with Crippen LogP contribution in [0.15, 0.2) is 24.3 Å². The number of benzene rings is 1. The molecule has 1 atom stereocenters. The first-order chi connectivity index (χ1) is 8.31. The molecule has 0 bridgehead atoms. The molecular formula is C14H20FNO. The smallest absolute Gasteiger partial charge is 0.123 e. The molecule has 0 amide bonds. The molecule has 17 heavy (non-hydrogen) atoms. The fourth-order valence-electron chi connectivity index (χ4n) is 2.53. The second kappa shape index (κ2) is 6.12. The summed E-state index contributed by atoms with van der Waals surface area (Å²) in [5.74, 6) is 0.392. The average molecular weight is 237 g/mol. The van der Waals surface area contributed by atoms with Crippen molar-refractivity contribution in [2.75, 3.05) is 19.8 Å². The van der Waals surface area contributed by atoms with Gasteiger partial charge in [0.1, 0.15) is 5.82 Å². The predicted octanol–water partition coefficient (Wildman–Crippen LogP) is 2.90. The van der Waals surface area contributed by atoms with Gasteiger partial charge >= 0.3 is 0 Å². The first kappa shape index (κ1) is 12.5. The van der Waals surface area contributed by atoms with Crippen molar-refractivity contribution in [1.29, 1.82) is 0 Å². The summed E-state index contributed by atoms with van der Waals surface area (Å²) < 4.78 is 18.7. The third-order valence-corrected chi connectivity index (χ3v) is 3.37. The highest BCUT2D eigenvalue weighted by Gasteiger charge is 2.24. The molecule has 94 valence electrons. The van der Waals surface area contributed by atoms with Crippen LogP contribution in [0.25, 0.3) is 0 Å². The maximum absolute atomic E-state index is 13.3. The summed E-state index contributed by atoms with van der Waals surface area (Å²) in [6, 6.07) is 7.18. The highest BCUT2D eigenvalue weighted by molar-refractivity contribution is 5.21. The minimum Gasteiger partial charge on any atom is -0.381 e. The summed E-state index contributed by atoms with van der Waals surface area (Å²) in [7, 11) is 0. The van der Waals surface area contributed by atoms with Gasteiger partial charge in [0.25, 0.3) is 0 Å². The molecule has 0 aliphatic carbocycles. The zero-order valence-electron chi connectivity index (χ0n) is 10.3. The summed E-state index contributed by atoms with van der Waals surface area (Å²) in [5.41, 5.74) is 1.05. The van der Waals surface area contributed by atoms with Crippen LogP contribution in [0.1, 0.15) is 31.4 Å². The van der Waals surface area contributed by atoms with Gasteiger partial charge in [-0.25, -0.2) is 4.39 Å². The lowest BCUT2D eigenvalue weighted by molar-refractivity contribution is 0.0538. The van der Waals surface area contributed by atoms with E-state index in [-0.39, 0.29) is 11.9 Å². The van der Waals surface area contributed by atoms with E-state index in [1.54, 1.807) is 12.1 Å². The highest BCUT2D eigenvalue weighted by Crippen LogP contribution is 2.30. The van der Waals surface area contributed by atoms with Crippen LogP contribution in [-0.2, 0) is 4.74 Å². The third-order valence-electron chi connectivity index (χ3n) is 3.37. The van der Waals surface area contributed by atoms with Gasteiger partial charge in [0, 0.05) is 19.3 Å². The van der Waals surface area contributed by atoms with Crippen molar-refractivity contribution in [1.82, 2.24) is 5.32 Å². The molecule has 0 aromatic heterocycles. The van der Waals surface area contributed by atoms with Crippen molar-refractivity contribution >= 4 is 0 Å². The van der Waals surface area contributed by atoms with E-state index in [2.05, 4.69) is 12.2 Å². The van der Waals surface area contributed by atoms with Crippen molar-refractivity contribution in [3.05, 3.63) is 35.6 Å². The molecular weight excluding hydrogens is 217 g/mol. The van der Waals surface area contributed by atoms with E-state index in [4.69, 9.17) is 4.74 Å². The maximum Gasteiger partial charge on any atom is 0.123 e. The summed E-state index contributed by atoms with van der Waals surface area (Å²) in [4.78, 5) is 0. The molecule has 0 spiro atoms. The topological polar surface area (TPSA) is 21.3 Å². The highest BCUT2D eigenvalue weighted by atomic mass is 19.1. The Balaban J connectivity index is 2.15. The fraction of sp³-hybridized carbons (Fsp3) is 0.571. The molecule has 1 aliphatic rings. The molecule has 1 aliphatic heterocycles. The number of nitrogens with one attached hydrogen (secondary N) is 1. The SMILES string of the molecule is CCNC(c1cccc(F)c1)C1CCOCC1. The standard InChI is InChI=1S/C14H20FNO/c1-2-16-14(11-6-8-17-9-7-11)12-4-3-5-13(15)10-12/h3-5,10-11,14,16H,2,6-9H2,1H3. The van der Waals surface area contributed by atoms with Crippen LogP contribution in [0.3, 0.4) is 0 Å². The molecule has 1 aromatic carbocycles. The van der Waals surface area contributed by atoms with Crippen LogP contribution in [0, 0.1) is 11.7 Å². The zero-order chi connectivity index (χ0) is 12.1. The van der Waals surface area contributed by atoms with Gasteiger partial charge in [0.15, 0.2) is 0 Å². The van der Waals surface area contributed by atoms with E-state index in [0.29, 0.717) is 5.92 Å². The van der Waals surface area contributed by atoms with E-state index in [1.165, 1.54) is 6.07 Å². The molecule has 1 fully saturated rings. The largest absolute Gasteiger partial charge is 0.381 e. The summed E-state index contributed by atoms with van der Waals surface area (Å²) >= 11 is 0. The van der Waals surface area contributed by atoms with Gasteiger partial charge in [-0.3, -0.25) is 0 Å². The van der Waals surface area contributed by atoms with Gasteiger partial charge in [-0.05, 0) is 43.0 Å². The summed E-state index contributed by atoms with van der Waals surface area (Å²) in [6.07, 6.45) is 2.10. The number of ether oxygens (including phenoxy) is 1. The second-order valence-corrected chi connectivity index (χ2v) is 4.54. The minimum absolute atomic E-state index is 0.155. The van der Waals surface area contributed by atoms with Crippen molar-refractivity contribution in [2.45, 2.75) is 25.8 Å². The molecule has 0 saturated carbocycles. The second-order valence-electron chi connectivity index (χ2n) is 4.54. The Bertz CT molecular complexity index is 350. The normalized spacial score (nSPS) is 19.2. The molecule has 1 aromatic rings. The molecule has 2 rings (SSSR count). The number of rotatable bonds is 4. The van der Waals surface area contributed by atoms with Gasteiger partial charge in [0.05, 0.1) is 0 Å².